The fourth-order valence-corrected chi connectivity index (χ4v) is 1.84. The maximum atomic E-state index is 11.6. The van der Waals surface area contributed by atoms with Crippen molar-refractivity contribution in [3.63, 3.8) is 0 Å². The van der Waals surface area contributed by atoms with Crippen molar-refractivity contribution in [2.75, 3.05) is 13.7 Å². The van der Waals surface area contributed by atoms with Crippen molar-refractivity contribution in [1.29, 1.82) is 0 Å². The van der Waals surface area contributed by atoms with E-state index in [2.05, 4.69) is 20.9 Å². The Morgan fingerprint density at radius 3 is 2.94 bits per heavy atom. The average molecular weight is 280 g/mol. The lowest BCUT2D eigenvalue weighted by molar-refractivity contribution is 0.0843. The number of rotatable bonds is 3. The van der Waals surface area contributed by atoms with Crippen LogP contribution >= 0.6 is 15.9 Å². The zero-order valence-corrected chi connectivity index (χ0v) is 10.3. The molecule has 0 aliphatic heterocycles. The molecule has 0 N–H and O–H groups in total. The van der Waals surface area contributed by atoms with Gasteiger partial charge >= 0.3 is 0 Å². The number of hydrogen-bond acceptors (Lipinski definition) is 3. The van der Waals surface area contributed by atoms with Gasteiger partial charge in [-0.25, -0.2) is 4.98 Å². The number of Topliss-reactive ketones (excluding diaryl/α,β-unsaturated/α-hetero) is 1. The number of aromatic nitrogens is 1. The topological polar surface area (TPSA) is 39.2 Å². The number of nitrogens with zero attached hydrogens (tertiary/aromatic N) is 1. The highest BCUT2D eigenvalue weighted by molar-refractivity contribution is 9.10. The minimum absolute atomic E-state index is 0.0645. The summed E-state index contributed by atoms with van der Waals surface area (Å²) in [5, 5.41) is 1.00. The van der Waals surface area contributed by atoms with Crippen molar-refractivity contribution in [2.45, 2.75) is 0 Å². The van der Waals surface area contributed by atoms with E-state index in [4.69, 9.17) is 4.74 Å². The lowest BCUT2D eigenvalue weighted by atomic mass is 10.2. The van der Waals surface area contributed by atoms with Crippen LogP contribution < -0.4 is 0 Å². The fraction of sp³-hybridized carbons (Fsp3) is 0.167. The molecule has 2 rings (SSSR count). The molecule has 1 heterocycles. The molecule has 0 fully saturated rings. The Balaban J connectivity index is 2.44. The predicted octanol–water partition coefficient (Wildman–Crippen LogP) is 2.83. The van der Waals surface area contributed by atoms with Gasteiger partial charge in [0.15, 0.2) is 0 Å². The van der Waals surface area contributed by atoms with Crippen LogP contribution in [0.1, 0.15) is 10.5 Å². The molecule has 0 spiro atoms. The highest BCUT2D eigenvalue weighted by atomic mass is 79.9. The number of halogens is 1. The molecule has 1 aromatic heterocycles. The van der Waals surface area contributed by atoms with Gasteiger partial charge in [-0.15, -0.1) is 0 Å². The van der Waals surface area contributed by atoms with Gasteiger partial charge in [-0.05, 0) is 24.3 Å². The summed E-state index contributed by atoms with van der Waals surface area (Å²) in [5.74, 6) is -0.104. The second-order valence-electron chi connectivity index (χ2n) is 3.39. The molecule has 0 saturated heterocycles. The van der Waals surface area contributed by atoms with Gasteiger partial charge in [0.25, 0.3) is 0 Å². The standard InChI is InChI=1S/C12H10BrNO2/c1-16-7-12(15)11-4-2-8-6-9(13)3-5-10(8)14-11/h2-6H,7H2,1H3. The van der Waals surface area contributed by atoms with Gasteiger partial charge in [-0.3, -0.25) is 4.79 Å². The van der Waals surface area contributed by atoms with Gasteiger partial charge in [0, 0.05) is 17.0 Å². The Morgan fingerprint density at radius 1 is 1.38 bits per heavy atom. The largest absolute Gasteiger partial charge is 0.376 e. The van der Waals surface area contributed by atoms with Crippen LogP contribution in [-0.4, -0.2) is 24.5 Å². The van der Waals surface area contributed by atoms with Crippen LogP contribution in [0.4, 0.5) is 0 Å². The summed E-state index contributed by atoms with van der Waals surface area (Å²) < 4.78 is 5.79. The summed E-state index contributed by atoms with van der Waals surface area (Å²) in [6.07, 6.45) is 0. The fourth-order valence-electron chi connectivity index (χ4n) is 1.46. The van der Waals surface area contributed by atoms with Crippen LogP contribution in [0.3, 0.4) is 0 Å². The molecule has 3 nitrogen and oxygen atoms in total. The number of carbonyl (C=O) groups is 1. The molecule has 0 radical (unpaired) electrons. The first-order valence-corrected chi connectivity index (χ1v) is 5.58. The molecule has 16 heavy (non-hydrogen) atoms. The van der Waals surface area contributed by atoms with Crippen LogP contribution in [0.15, 0.2) is 34.8 Å². The van der Waals surface area contributed by atoms with Crippen LogP contribution in [0, 0.1) is 0 Å². The minimum Gasteiger partial charge on any atom is -0.376 e. The third-order valence-corrected chi connectivity index (χ3v) is 2.71. The molecule has 0 saturated carbocycles. The zero-order chi connectivity index (χ0) is 11.5. The highest BCUT2D eigenvalue weighted by Crippen LogP contribution is 2.18. The van der Waals surface area contributed by atoms with E-state index in [0.29, 0.717) is 5.69 Å². The summed E-state index contributed by atoms with van der Waals surface area (Å²) >= 11 is 3.39. The summed E-state index contributed by atoms with van der Waals surface area (Å²) in [4.78, 5) is 15.8. The Kier molecular flexibility index (Phi) is 3.31. The highest BCUT2D eigenvalue weighted by Gasteiger charge is 2.07. The zero-order valence-electron chi connectivity index (χ0n) is 8.74. The SMILES string of the molecule is COCC(=O)c1ccc2cc(Br)ccc2n1. The van der Waals surface area contributed by atoms with Crippen molar-refractivity contribution in [3.8, 4) is 0 Å². The maximum Gasteiger partial charge on any atom is 0.206 e. The van der Waals surface area contributed by atoms with Gasteiger partial charge in [0.1, 0.15) is 12.3 Å². The first-order chi connectivity index (χ1) is 7.70. The molecule has 0 atom stereocenters. The molecule has 2 aromatic rings. The van der Waals surface area contributed by atoms with Crippen LogP contribution in [0.25, 0.3) is 10.9 Å². The average Bonchev–Trinajstić information content (AvgIpc) is 2.28. The molecular formula is C12H10BrNO2. The number of hydrogen-bond donors (Lipinski definition) is 0. The van der Waals surface area contributed by atoms with E-state index in [1.807, 2.05) is 24.3 Å². The van der Waals surface area contributed by atoms with Gasteiger partial charge in [-0.1, -0.05) is 22.0 Å². The van der Waals surface area contributed by atoms with E-state index in [1.54, 1.807) is 6.07 Å². The Labute approximate surface area is 102 Å². The van der Waals surface area contributed by atoms with Crippen molar-refractivity contribution in [1.82, 2.24) is 4.98 Å². The molecule has 0 aliphatic carbocycles. The monoisotopic (exact) mass is 279 g/mol. The minimum atomic E-state index is -0.104. The van der Waals surface area contributed by atoms with Gasteiger partial charge in [0.05, 0.1) is 5.52 Å². The van der Waals surface area contributed by atoms with Crippen molar-refractivity contribution >= 4 is 32.6 Å². The maximum absolute atomic E-state index is 11.6. The van der Waals surface area contributed by atoms with E-state index in [9.17, 15) is 4.79 Å². The summed E-state index contributed by atoms with van der Waals surface area (Å²) in [6.45, 7) is 0.0645. The van der Waals surface area contributed by atoms with Crippen molar-refractivity contribution in [2.24, 2.45) is 0 Å². The van der Waals surface area contributed by atoms with E-state index < -0.39 is 0 Å². The number of benzene rings is 1. The lowest BCUT2D eigenvalue weighted by Crippen LogP contribution is -2.08. The third kappa shape index (κ3) is 2.28. The van der Waals surface area contributed by atoms with E-state index in [1.165, 1.54) is 7.11 Å². The van der Waals surface area contributed by atoms with Crippen LogP contribution in [-0.2, 0) is 4.74 Å². The first kappa shape index (κ1) is 11.2. The van der Waals surface area contributed by atoms with Gasteiger partial charge in [0.2, 0.25) is 5.78 Å². The lowest BCUT2D eigenvalue weighted by Gasteiger charge is -2.02. The quantitative estimate of drug-likeness (QED) is 0.811. The van der Waals surface area contributed by atoms with E-state index in [-0.39, 0.29) is 12.4 Å². The molecule has 4 heteroatoms. The number of fused-ring (bicyclic) bond motifs is 1. The molecule has 0 aliphatic rings. The van der Waals surface area contributed by atoms with E-state index in [0.717, 1.165) is 15.4 Å². The molecule has 1 aromatic carbocycles. The number of carbonyl (C=O) groups excluding carboxylic acids is 1. The first-order valence-electron chi connectivity index (χ1n) is 4.79. The number of methoxy groups -OCH3 is 1. The van der Waals surface area contributed by atoms with Crippen LogP contribution in [0.5, 0.6) is 0 Å². The smallest absolute Gasteiger partial charge is 0.206 e. The van der Waals surface area contributed by atoms with Crippen LogP contribution in [0.2, 0.25) is 0 Å². The molecule has 0 bridgehead atoms. The van der Waals surface area contributed by atoms with Gasteiger partial charge in [-0.2, -0.15) is 0 Å². The number of pyridine rings is 1. The van der Waals surface area contributed by atoms with Gasteiger partial charge < -0.3 is 4.74 Å². The molecule has 0 amide bonds. The van der Waals surface area contributed by atoms with E-state index >= 15 is 0 Å². The molecule has 82 valence electrons. The summed E-state index contributed by atoms with van der Waals surface area (Å²) in [5.41, 5.74) is 1.25. The normalized spacial score (nSPS) is 10.6. The summed E-state index contributed by atoms with van der Waals surface area (Å²) in [7, 11) is 1.50. The Morgan fingerprint density at radius 2 is 2.19 bits per heavy atom. The second-order valence-corrected chi connectivity index (χ2v) is 4.31. The summed E-state index contributed by atoms with van der Waals surface area (Å²) in [6, 6.07) is 9.35. The third-order valence-electron chi connectivity index (χ3n) is 2.21. The number of ether oxygens (including phenoxy) is 1. The van der Waals surface area contributed by atoms with Crippen molar-refractivity contribution in [3.05, 3.63) is 40.5 Å². The van der Waals surface area contributed by atoms with Crippen molar-refractivity contribution < 1.29 is 9.53 Å². The predicted molar refractivity (Wildman–Crippen MR) is 65.6 cm³/mol. The molecule has 0 unspecified atom stereocenters. The Bertz CT molecular complexity index is 540. The number of ketones is 1. The second kappa shape index (κ2) is 4.72. The molecular weight excluding hydrogens is 270 g/mol. The Hall–Kier alpha value is -1.26.